The van der Waals surface area contributed by atoms with Crippen LogP contribution in [0.2, 0.25) is 0 Å². The summed E-state index contributed by atoms with van der Waals surface area (Å²) in [4.78, 5) is 12.5. The van der Waals surface area contributed by atoms with Gasteiger partial charge in [0.15, 0.2) is 5.96 Å². The molecule has 0 bridgehead atoms. The van der Waals surface area contributed by atoms with Crippen LogP contribution in [-0.2, 0) is 13.1 Å². The number of rotatable bonds is 7. The summed E-state index contributed by atoms with van der Waals surface area (Å²) < 4.78 is 0. The van der Waals surface area contributed by atoms with Crippen molar-refractivity contribution in [2.24, 2.45) is 4.99 Å². The number of benzene rings is 1. The van der Waals surface area contributed by atoms with Crippen molar-refractivity contribution in [3.8, 4) is 0 Å². The molecule has 2 rings (SSSR count). The lowest BCUT2D eigenvalue weighted by Gasteiger charge is -2.17. The minimum Gasteiger partial charge on any atom is -0.362 e. The number of guanidine groups is 1. The van der Waals surface area contributed by atoms with E-state index in [0.717, 1.165) is 23.9 Å². The van der Waals surface area contributed by atoms with Gasteiger partial charge in [0.2, 0.25) is 0 Å². The summed E-state index contributed by atoms with van der Waals surface area (Å²) >= 11 is 1.77. The van der Waals surface area contributed by atoms with Crippen LogP contribution in [0.1, 0.15) is 23.6 Å². The van der Waals surface area contributed by atoms with Gasteiger partial charge in [0.05, 0.1) is 6.54 Å². The Morgan fingerprint density at radius 3 is 2.69 bits per heavy atom. The molecule has 1 heterocycles. The third-order valence-electron chi connectivity index (χ3n) is 3.93. The summed E-state index contributed by atoms with van der Waals surface area (Å²) in [6.45, 7) is 6.35. The number of nitrogens with zero attached hydrogens (tertiary/aromatic N) is 3. The van der Waals surface area contributed by atoms with Crippen LogP contribution in [0.3, 0.4) is 0 Å². The van der Waals surface area contributed by atoms with E-state index in [1.54, 1.807) is 11.8 Å². The van der Waals surface area contributed by atoms with Crippen molar-refractivity contribution >= 4 is 23.5 Å². The Hall–Kier alpha value is -2.21. The molecule has 0 amide bonds. The first-order chi connectivity index (χ1) is 12.5. The smallest absolute Gasteiger partial charge is 0.191 e. The van der Waals surface area contributed by atoms with Crippen molar-refractivity contribution in [1.29, 1.82) is 0 Å². The molecule has 0 saturated carbocycles. The topological polar surface area (TPSA) is 52.6 Å². The highest BCUT2D eigenvalue weighted by Crippen LogP contribution is 2.22. The van der Waals surface area contributed by atoms with E-state index in [-0.39, 0.29) is 0 Å². The van der Waals surface area contributed by atoms with Crippen molar-refractivity contribution in [3.05, 3.63) is 53.2 Å². The summed E-state index contributed by atoms with van der Waals surface area (Å²) in [6.07, 6.45) is 3.93. The average molecular weight is 372 g/mol. The summed E-state index contributed by atoms with van der Waals surface area (Å²) in [5.74, 6) is 1.78. The van der Waals surface area contributed by atoms with Crippen molar-refractivity contribution in [2.45, 2.75) is 31.8 Å². The second kappa shape index (κ2) is 10.1. The van der Waals surface area contributed by atoms with Crippen LogP contribution in [-0.4, -0.2) is 37.8 Å². The molecule has 6 heteroatoms. The van der Waals surface area contributed by atoms with Crippen LogP contribution in [0, 0.1) is 6.92 Å². The van der Waals surface area contributed by atoms with E-state index >= 15 is 0 Å². The number of nitrogens with one attached hydrogen (secondary N) is 2. The van der Waals surface area contributed by atoms with Gasteiger partial charge < -0.3 is 15.5 Å². The lowest BCUT2D eigenvalue weighted by molar-refractivity contribution is 0.808. The molecule has 0 fully saturated rings. The zero-order valence-electron chi connectivity index (χ0n) is 16.3. The molecular formula is C20H29N5S. The Morgan fingerprint density at radius 2 is 2.00 bits per heavy atom. The van der Waals surface area contributed by atoms with Crippen LogP contribution in [0.25, 0.3) is 0 Å². The molecule has 140 valence electrons. The maximum atomic E-state index is 4.76. The average Bonchev–Trinajstić information content (AvgIpc) is 2.64. The number of hydrogen-bond acceptors (Lipinski definition) is 4. The summed E-state index contributed by atoms with van der Waals surface area (Å²) in [5.41, 5.74) is 3.67. The van der Waals surface area contributed by atoms with Crippen molar-refractivity contribution < 1.29 is 0 Å². The fraction of sp³-hybridized carbons (Fsp3) is 0.400. The molecule has 2 aromatic rings. The molecular weight excluding hydrogens is 342 g/mol. The molecule has 26 heavy (non-hydrogen) atoms. The highest BCUT2D eigenvalue weighted by Gasteiger charge is 2.07. The highest BCUT2D eigenvalue weighted by atomic mass is 32.2. The first-order valence-electron chi connectivity index (χ1n) is 8.82. The van der Waals surface area contributed by atoms with Gasteiger partial charge in [-0.3, -0.25) is 0 Å². The van der Waals surface area contributed by atoms with Crippen LogP contribution < -0.4 is 15.5 Å². The van der Waals surface area contributed by atoms with E-state index in [9.17, 15) is 0 Å². The van der Waals surface area contributed by atoms with Gasteiger partial charge in [0, 0.05) is 43.8 Å². The van der Waals surface area contributed by atoms with Crippen molar-refractivity contribution in [2.75, 3.05) is 31.8 Å². The largest absolute Gasteiger partial charge is 0.362 e. The van der Waals surface area contributed by atoms with Gasteiger partial charge >= 0.3 is 0 Å². The van der Waals surface area contributed by atoms with Gasteiger partial charge in [-0.25, -0.2) is 9.98 Å². The van der Waals surface area contributed by atoms with Crippen LogP contribution >= 0.6 is 11.8 Å². The van der Waals surface area contributed by atoms with E-state index < -0.39 is 0 Å². The Bertz CT molecular complexity index is 743. The van der Waals surface area contributed by atoms with E-state index in [1.807, 2.05) is 31.3 Å². The first-order valence-corrected chi connectivity index (χ1v) is 10.0. The summed E-state index contributed by atoms with van der Waals surface area (Å²) in [7, 11) is 4.01. The van der Waals surface area contributed by atoms with E-state index in [4.69, 9.17) is 4.99 Å². The van der Waals surface area contributed by atoms with Crippen molar-refractivity contribution in [3.63, 3.8) is 0 Å². The SMILES string of the molecule is CCNC(=NCc1ccc(C)cc1SC)NCc1cccnc1N(C)C. The highest BCUT2D eigenvalue weighted by molar-refractivity contribution is 7.98. The fourth-order valence-electron chi connectivity index (χ4n) is 2.64. The molecule has 0 atom stereocenters. The monoisotopic (exact) mass is 371 g/mol. The molecule has 1 aromatic carbocycles. The minimum atomic E-state index is 0.652. The maximum Gasteiger partial charge on any atom is 0.191 e. The quantitative estimate of drug-likeness (QED) is 0.444. The number of pyridine rings is 1. The lowest BCUT2D eigenvalue weighted by Crippen LogP contribution is -2.37. The molecule has 0 aliphatic rings. The summed E-state index contributed by atoms with van der Waals surface area (Å²) in [6, 6.07) is 10.6. The zero-order chi connectivity index (χ0) is 18.9. The van der Waals surface area contributed by atoms with Gasteiger partial charge in [-0.05, 0) is 43.4 Å². The number of aliphatic imine (C=N–C) groups is 1. The molecule has 0 radical (unpaired) electrons. The third kappa shape index (κ3) is 5.66. The van der Waals surface area contributed by atoms with Crippen LogP contribution in [0.15, 0.2) is 46.4 Å². The van der Waals surface area contributed by atoms with E-state index in [2.05, 4.69) is 60.0 Å². The number of hydrogen-bond donors (Lipinski definition) is 2. The first kappa shape index (κ1) is 20.1. The molecule has 0 spiro atoms. The second-order valence-corrected chi connectivity index (χ2v) is 7.09. The second-order valence-electron chi connectivity index (χ2n) is 6.24. The Balaban J connectivity index is 2.10. The van der Waals surface area contributed by atoms with Crippen LogP contribution in [0.5, 0.6) is 0 Å². The molecule has 0 saturated heterocycles. The number of thioether (sulfide) groups is 1. The molecule has 2 N–H and O–H groups in total. The summed E-state index contributed by atoms with van der Waals surface area (Å²) in [5, 5.41) is 6.74. The zero-order valence-corrected chi connectivity index (χ0v) is 17.2. The molecule has 1 aromatic heterocycles. The Kier molecular flexibility index (Phi) is 7.78. The minimum absolute atomic E-state index is 0.652. The predicted molar refractivity (Wildman–Crippen MR) is 113 cm³/mol. The maximum absolute atomic E-state index is 4.76. The van der Waals surface area contributed by atoms with Gasteiger partial charge in [-0.1, -0.05) is 18.2 Å². The number of aryl methyl sites for hydroxylation is 1. The predicted octanol–water partition coefficient (Wildman–Crippen LogP) is 3.43. The normalized spacial score (nSPS) is 11.3. The van der Waals surface area contributed by atoms with Crippen LogP contribution in [0.4, 0.5) is 5.82 Å². The molecule has 5 nitrogen and oxygen atoms in total. The van der Waals surface area contributed by atoms with E-state index in [1.165, 1.54) is 16.0 Å². The Morgan fingerprint density at radius 1 is 1.19 bits per heavy atom. The van der Waals surface area contributed by atoms with Gasteiger partial charge in [0.25, 0.3) is 0 Å². The fourth-order valence-corrected chi connectivity index (χ4v) is 3.34. The number of aromatic nitrogens is 1. The standard InChI is InChI=1S/C20H29N5S/c1-6-21-20(23-13-16-10-9-15(2)12-18(16)26-5)24-14-17-8-7-11-22-19(17)25(3)4/h7-12H,6,13-14H2,1-5H3,(H2,21,23,24). The third-order valence-corrected chi connectivity index (χ3v) is 4.75. The Labute approximate surface area is 161 Å². The van der Waals surface area contributed by atoms with Crippen molar-refractivity contribution in [1.82, 2.24) is 15.6 Å². The van der Waals surface area contributed by atoms with Gasteiger partial charge in [0.1, 0.15) is 5.82 Å². The molecule has 0 aliphatic carbocycles. The van der Waals surface area contributed by atoms with Gasteiger partial charge in [-0.2, -0.15) is 0 Å². The lowest BCUT2D eigenvalue weighted by atomic mass is 10.1. The van der Waals surface area contributed by atoms with E-state index in [0.29, 0.717) is 13.1 Å². The van der Waals surface area contributed by atoms with Gasteiger partial charge in [-0.15, -0.1) is 11.8 Å². The number of anilines is 1. The molecule has 0 unspecified atom stereocenters. The molecule has 0 aliphatic heterocycles.